The monoisotopic (exact) mass is 433 g/mol. The van der Waals surface area contributed by atoms with Crippen molar-refractivity contribution in [3.05, 3.63) is 28.2 Å². The van der Waals surface area contributed by atoms with Crippen LogP contribution in [0.2, 0.25) is 10.0 Å². The Hall–Kier alpha value is -1.29. The molecule has 2 atom stereocenters. The van der Waals surface area contributed by atoms with E-state index in [0.717, 1.165) is 6.42 Å². The highest BCUT2D eigenvalue weighted by atomic mass is 79.9. The van der Waals surface area contributed by atoms with Crippen molar-refractivity contribution in [2.45, 2.75) is 37.6 Å². The van der Waals surface area contributed by atoms with Gasteiger partial charge in [-0.25, -0.2) is 0 Å². The molecule has 1 rings (SSSR count). The zero-order valence-corrected chi connectivity index (χ0v) is 16.5. The summed E-state index contributed by atoms with van der Waals surface area (Å²) in [6.45, 7) is 3.44. The van der Waals surface area contributed by atoms with Crippen molar-refractivity contribution in [1.29, 1.82) is 5.26 Å². The third kappa shape index (κ3) is 5.37. The van der Waals surface area contributed by atoms with E-state index in [1.807, 2.05) is 13.0 Å². The summed E-state index contributed by atoms with van der Waals surface area (Å²) in [7, 11) is 0. The van der Waals surface area contributed by atoms with E-state index in [1.54, 1.807) is 25.1 Å². The van der Waals surface area contributed by atoms with Crippen molar-refractivity contribution in [1.82, 2.24) is 5.32 Å². The van der Waals surface area contributed by atoms with Crippen LogP contribution in [0.25, 0.3) is 0 Å². The lowest BCUT2D eigenvalue weighted by molar-refractivity contribution is -0.125. The quantitative estimate of drug-likeness (QED) is 0.522. The van der Waals surface area contributed by atoms with Crippen molar-refractivity contribution < 1.29 is 9.59 Å². The molecule has 0 aliphatic rings. The molecule has 0 aromatic heterocycles. The number of nitrogens with zero attached hydrogens (tertiary/aromatic N) is 2. The number of rotatable bonds is 7. The number of carbonyl (C=O) groups excluding carboxylic acids is 2. The lowest BCUT2D eigenvalue weighted by Gasteiger charge is -2.30. The Morgan fingerprint density at radius 1 is 1.38 bits per heavy atom. The highest BCUT2D eigenvalue weighted by Crippen LogP contribution is 2.29. The highest BCUT2D eigenvalue weighted by Gasteiger charge is 2.31. The van der Waals surface area contributed by atoms with E-state index in [9.17, 15) is 9.59 Å². The number of hydrogen-bond donors (Lipinski definition) is 1. The molecule has 0 saturated carbocycles. The van der Waals surface area contributed by atoms with E-state index >= 15 is 0 Å². The molecule has 5 nitrogen and oxygen atoms in total. The molecule has 2 unspecified atom stereocenters. The summed E-state index contributed by atoms with van der Waals surface area (Å²) < 4.78 is 0. The molecule has 0 saturated heterocycles. The molecular weight excluding hydrogens is 417 g/mol. The first-order valence-electron chi connectivity index (χ1n) is 7.40. The van der Waals surface area contributed by atoms with E-state index < -0.39 is 16.8 Å². The van der Waals surface area contributed by atoms with Gasteiger partial charge in [-0.2, -0.15) is 5.26 Å². The Labute approximate surface area is 160 Å². The first-order chi connectivity index (χ1) is 11.3. The zero-order valence-electron chi connectivity index (χ0n) is 13.4. The summed E-state index contributed by atoms with van der Waals surface area (Å²) in [4.78, 5) is 26.0. The number of alkyl halides is 1. The molecule has 1 aromatic rings. The van der Waals surface area contributed by atoms with Crippen LogP contribution in [0.4, 0.5) is 5.69 Å². The van der Waals surface area contributed by atoms with Crippen LogP contribution in [0.3, 0.4) is 0 Å². The Kier molecular flexibility index (Phi) is 8.54. The van der Waals surface area contributed by atoms with Gasteiger partial charge in [0.25, 0.3) is 0 Å². The largest absolute Gasteiger partial charge is 0.341 e. The van der Waals surface area contributed by atoms with Crippen LogP contribution in [-0.4, -0.2) is 29.2 Å². The van der Waals surface area contributed by atoms with Crippen molar-refractivity contribution in [2.75, 3.05) is 11.4 Å². The van der Waals surface area contributed by atoms with Crippen molar-refractivity contribution in [3.8, 4) is 6.07 Å². The molecule has 0 spiro atoms. The van der Waals surface area contributed by atoms with Crippen LogP contribution >= 0.6 is 39.1 Å². The Balaban J connectivity index is 3.20. The number of hydrogen-bond acceptors (Lipinski definition) is 3. The summed E-state index contributed by atoms with van der Waals surface area (Å²) >= 11 is 15.3. The maximum Gasteiger partial charge on any atom is 0.243 e. The average Bonchev–Trinajstić information content (AvgIpc) is 2.55. The van der Waals surface area contributed by atoms with Gasteiger partial charge in [-0.05, 0) is 31.5 Å². The van der Waals surface area contributed by atoms with Gasteiger partial charge < -0.3 is 5.32 Å². The third-order valence-corrected chi connectivity index (χ3v) is 4.93. The summed E-state index contributed by atoms with van der Waals surface area (Å²) in [6.07, 6.45) is 1.44. The van der Waals surface area contributed by atoms with Gasteiger partial charge in [0, 0.05) is 5.69 Å². The van der Waals surface area contributed by atoms with Crippen LogP contribution in [0, 0.1) is 11.3 Å². The molecule has 2 amide bonds. The van der Waals surface area contributed by atoms with Gasteiger partial charge in [0.2, 0.25) is 11.8 Å². The fourth-order valence-corrected chi connectivity index (χ4v) is 3.07. The predicted octanol–water partition coefficient (Wildman–Crippen LogP) is 3.92. The number of carbonyl (C=O) groups is 2. The minimum Gasteiger partial charge on any atom is -0.341 e. The number of nitriles is 1. The number of benzene rings is 1. The highest BCUT2D eigenvalue weighted by molar-refractivity contribution is 9.10. The van der Waals surface area contributed by atoms with E-state index in [2.05, 4.69) is 21.2 Å². The molecular formula is C16H18BrCl2N3O2. The standard InChI is InChI=1S/C16H18BrCl2N3O2/c1-3-4-12(17)16(24)22(10(2)15(23)21-8-7-20)11-5-6-13(18)14(19)9-11/h5-6,9-10,12H,3-4,8H2,1-2H3,(H,21,23). The summed E-state index contributed by atoms with van der Waals surface area (Å²) in [5.41, 5.74) is 0.467. The van der Waals surface area contributed by atoms with Crippen LogP contribution < -0.4 is 10.2 Å². The Bertz CT molecular complexity index is 649. The number of halogens is 3. The SMILES string of the molecule is CCCC(Br)C(=O)N(c1ccc(Cl)c(Cl)c1)C(C)C(=O)NCC#N. The van der Waals surface area contributed by atoms with Gasteiger partial charge in [0.1, 0.15) is 12.6 Å². The lowest BCUT2D eigenvalue weighted by atomic mass is 10.1. The van der Waals surface area contributed by atoms with E-state index in [-0.39, 0.29) is 12.5 Å². The van der Waals surface area contributed by atoms with Crippen LogP contribution in [-0.2, 0) is 9.59 Å². The maximum absolute atomic E-state index is 12.8. The Morgan fingerprint density at radius 3 is 2.58 bits per heavy atom. The molecule has 8 heteroatoms. The predicted molar refractivity (Wildman–Crippen MR) is 99.7 cm³/mol. The second kappa shape index (κ2) is 9.87. The topological polar surface area (TPSA) is 73.2 Å². The first kappa shape index (κ1) is 20.8. The number of anilines is 1. The smallest absolute Gasteiger partial charge is 0.243 e. The molecule has 1 aromatic carbocycles. The summed E-state index contributed by atoms with van der Waals surface area (Å²) in [5.74, 6) is -0.679. The molecule has 0 radical (unpaired) electrons. The van der Waals surface area contributed by atoms with Gasteiger partial charge >= 0.3 is 0 Å². The first-order valence-corrected chi connectivity index (χ1v) is 9.07. The van der Waals surface area contributed by atoms with Crippen molar-refractivity contribution in [3.63, 3.8) is 0 Å². The van der Waals surface area contributed by atoms with E-state index in [1.165, 1.54) is 4.90 Å². The van der Waals surface area contributed by atoms with Crippen LogP contribution in [0.5, 0.6) is 0 Å². The Morgan fingerprint density at radius 2 is 2.04 bits per heavy atom. The zero-order chi connectivity index (χ0) is 18.3. The molecule has 24 heavy (non-hydrogen) atoms. The molecule has 0 heterocycles. The van der Waals surface area contributed by atoms with Crippen LogP contribution in [0.1, 0.15) is 26.7 Å². The minimum atomic E-state index is -0.806. The average molecular weight is 435 g/mol. The maximum atomic E-state index is 12.8. The number of nitrogens with one attached hydrogen (secondary N) is 1. The molecule has 0 fully saturated rings. The van der Waals surface area contributed by atoms with E-state index in [4.69, 9.17) is 28.5 Å². The summed E-state index contributed by atoms with van der Waals surface area (Å²) in [5, 5.41) is 11.7. The lowest BCUT2D eigenvalue weighted by Crippen LogP contribution is -2.50. The fraction of sp³-hybridized carbons (Fsp3) is 0.438. The van der Waals surface area contributed by atoms with Gasteiger partial charge in [-0.3, -0.25) is 14.5 Å². The van der Waals surface area contributed by atoms with Gasteiger partial charge in [-0.15, -0.1) is 0 Å². The van der Waals surface area contributed by atoms with Gasteiger partial charge in [0.15, 0.2) is 0 Å². The van der Waals surface area contributed by atoms with Crippen LogP contribution in [0.15, 0.2) is 18.2 Å². The second-order valence-corrected chi connectivity index (χ2v) is 7.03. The molecule has 0 aliphatic carbocycles. The van der Waals surface area contributed by atoms with Gasteiger partial charge in [0.05, 0.1) is 20.9 Å². The molecule has 0 bridgehead atoms. The van der Waals surface area contributed by atoms with Crippen molar-refractivity contribution in [2.24, 2.45) is 0 Å². The number of amides is 2. The molecule has 0 aliphatic heterocycles. The third-order valence-electron chi connectivity index (χ3n) is 3.34. The molecule has 1 N–H and O–H groups in total. The fourth-order valence-electron chi connectivity index (χ4n) is 2.10. The van der Waals surface area contributed by atoms with Crippen molar-refractivity contribution >= 4 is 56.6 Å². The van der Waals surface area contributed by atoms with E-state index in [0.29, 0.717) is 22.2 Å². The normalized spacial score (nSPS) is 12.8. The molecule has 130 valence electrons. The van der Waals surface area contributed by atoms with Gasteiger partial charge in [-0.1, -0.05) is 52.5 Å². The second-order valence-electron chi connectivity index (χ2n) is 5.11. The summed E-state index contributed by atoms with van der Waals surface area (Å²) in [6, 6.07) is 5.78. The minimum absolute atomic E-state index is 0.126.